The van der Waals surface area contributed by atoms with Gasteiger partial charge in [0.15, 0.2) is 0 Å². The highest BCUT2D eigenvalue weighted by Gasteiger charge is 2.10. The first-order valence-corrected chi connectivity index (χ1v) is 6.07. The first kappa shape index (κ1) is 13.1. The number of benzene rings is 1. The number of nitrogens with zero attached hydrogens (tertiary/aromatic N) is 2. The van der Waals surface area contributed by atoms with Gasteiger partial charge in [-0.2, -0.15) is 5.10 Å². The Kier molecular flexibility index (Phi) is 3.85. The fraction of sp³-hybridized carbons (Fsp3) is 0.286. The van der Waals surface area contributed by atoms with Crippen LogP contribution in [0.3, 0.4) is 0 Å². The molecule has 0 spiro atoms. The molecule has 1 aromatic carbocycles. The highest BCUT2D eigenvalue weighted by molar-refractivity contribution is 5.69. The summed E-state index contributed by atoms with van der Waals surface area (Å²) in [5.74, 6) is -0.0378. The molecule has 19 heavy (non-hydrogen) atoms. The van der Waals surface area contributed by atoms with E-state index in [-0.39, 0.29) is 6.42 Å². The number of carbonyl (C=O) groups is 1. The number of aromatic nitrogens is 2. The van der Waals surface area contributed by atoms with E-state index in [2.05, 4.69) is 5.10 Å². The zero-order chi connectivity index (χ0) is 13.8. The van der Waals surface area contributed by atoms with Crippen LogP contribution in [0.2, 0.25) is 0 Å². The van der Waals surface area contributed by atoms with Crippen molar-refractivity contribution in [3.8, 4) is 11.4 Å². The molecule has 0 saturated heterocycles. The van der Waals surface area contributed by atoms with Crippen molar-refractivity contribution in [2.45, 2.75) is 19.8 Å². The topological polar surface area (TPSA) is 64.4 Å². The summed E-state index contributed by atoms with van der Waals surface area (Å²) < 4.78 is 6.93. The van der Waals surface area contributed by atoms with Crippen molar-refractivity contribution < 1.29 is 14.6 Å². The zero-order valence-corrected chi connectivity index (χ0v) is 11.0. The van der Waals surface area contributed by atoms with E-state index in [1.807, 2.05) is 25.1 Å². The molecule has 5 nitrogen and oxygen atoms in total. The molecule has 0 unspecified atom stereocenters. The molecule has 100 valence electrons. The van der Waals surface area contributed by atoms with Gasteiger partial charge in [-0.15, -0.1) is 0 Å². The van der Waals surface area contributed by atoms with Crippen LogP contribution in [0.15, 0.2) is 30.5 Å². The number of ether oxygens (including phenoxy) is 1. The summed E-state index contributed by atoms with van der Waals surface area (Å²) in [7, 11) is 1.64. The largest absolute Gasteiger partial charge is 0.496 e. The Balaban J connectivity index is 2.42. The van der Waals surface area contributed by atoms with Crippen LogP contribution in [-0.4, -0.2) is 28.0 Å². The highest BCUT2D eigenvalue weighted by atomic mass is 16.5. The van der Waals surface area contributed by atoms with Crippen molar-refractivity contribution in [2.24, 2.45) is 0 Å². The summed E-state index contributed by atoms with van der Waals surface area (Å²) in [6, 6.07) is 7.43. The molecule has 0 amide bonds. The Morgan fingerprint density at radius 1 is 1.42 bits per heavy atom. The van der Waals surface area contributed by atoms with E-state index in [0.717, 1.165) is 23.4 Å². The van der Waals surface area contributed by atoms with Gasteiger partial charge in [-0.25, -0.2) is 4.68 Å². The van der Waals surface area contributed by atoms with Gasteiger partial charge in [-0.3, -0.25) is 4.79 Å². The van der Waals surface area contributed by atoms with Crippen LogP contribution in [0, 0.1) is 0 Å². The van der Waals surface area contributed by atoms with Crippen LogP contribution < -0.4 is 4.74 Å². The molecule has 0 atom stereocenters. The average Bonchev–Trinajstić information content (AvgIpc) is 2.85. The second-order valence-electron chi connectivity index (χ2n) is 4.15. The van der Waals surface area contributed by atoms with E-state index in [9.17, 15) is 4.79 Å². The maximum absolute atomic E-state index is 10.8. The lowest BCUT2D eigenvalue weighted by Crippen LogP contribution is -2.08. The summed E-state index contributed by atoms with van der Waals surface area (Å²) in [5, 5.41) is 13.1. The number of hydrogen-bond donors (Lipinski definition) is 1. The standard InChI is InChI=1S/C14H16N2O3/c1-3-10-8-11(4-5-13(10)19-2)16-12(6-7-15-16)9-14(17)18/h4-8H,3,9H2,1-2H3,(H,17,18). The Labute approximate surface area is 111 Å². The fourth-order valence-electron chi connectivity index (χ4n) is 2.03. The van der Waals surface area contributed by atoms with Crippen molar-refractivity contribution in [1.82, 2.24) is 9.78 Å². The molecule has 0 fully saturated rings. The lowest BCUT2D eigenvalue weighted by Gasteiger charge is -2.11. The lowest BCUT2D eigenvalue weighted by molar-refractivity contribution is -0.136. The fourth-order valence-corrected chi connectivity index (χ4v) is 2.03. The molecule has 1 aromatic heterocycles. The summed E-state index contributed by atoms with van der Waals surface area (Å²) in [4.78, 5) is 10.8. The third-order valence-corrected chi connectivity index (χ3v) is 2.94. The first-order chi connectivity index (χ1) is 9.15. The van der Waals surface area contributed by atoms with Gasteiger partial charge in [0, 0.05) is 6.20 Å². The van der Waals surface area contributed by atoms with Gasteiger partial charge in [0.2, 0.25) is 0 Å². The molecule has 2 aromatic rings. The second-order valence-corrected chi connectivity index (χ2v) is 4.15. The third kappa shape index (κ3) is 2.76. The van der Waals surface area contributed by atoms with Gasteiger partial charge in [0.1, 0.15) is 5.75 Å². The van der Waals surface area contributed by atoms with Crippen molar-refractivity contribution in [1.29, 1.82) is 0 Å². The van der Waals surface area contributed by atoms with Gasteiger partial charge in [-0.05, 0) is 36.2 Å². The summed E-state index contributed by atoms with van der Waals surface area (Å²) in [5.41, 5.74) is 2.57. The molecule has 0 bridgehead atoms. The Morgan fingerprint density at radius 2 is 2.21 bits per heavy atom. The van der Waals surface area contributed by atoms with Gasteiger partial charge in [0.05, 0.1) is 24.9 Å². The lowest BCUT2D eigenvalue weighted by atomic mass is 10.1. The Hall–Kier alpha value is -2.30. The Morgan fingerprint density at radius 3 is 2.84 bits per heavy atom. The van der Waals surface area contributed by atoms with Crippen molar-refractivity contribution in [3.63, 3.8) is 0 Å². The minimum absolute atomic E-state index is 0.0481. The molecular weight excluding hydrogens is 244 g/mol. The molecule has 1 N–H and O–H groups in total. The van der Waals surface area contributed by atoms with E-state index in [1.54, 1.807) is 24.1 Å². The molecule has 2 rings (SSSR count). The minimum Gasteiger partial charge on any atom is -0.496 e. The summed E-state index contributed by atoms with van der Waals surface area (Å²) in [6.45, 7) is 2.04. The summed E-state index contributed by atoms with van der Waals surface area (Å²) >= 11 is 0. The average molecular weight is 260 g/mol. The molecule has 0 aliphatic rings. The number of carboxylic acid groups (broad SMARTS) is 1. The molecule has 0 aliphatic heterocycles. The maximum atomic E-state index is 10.8. The smallest absolute Gasteiger partial charge is 0.309 e. The van der Waals surface area contributed by atoms with Crippen molar-refractivity contribution in [3.05, 3.63) is 41.7 Å². The monoisotopic (exact) mass is 260 g/mol. The molecular formula is C14H16N2O3. The molecule has 0 saturated carbocycles. The van der Waals surface area contributed by atoms with E-state index in [4.69, 9.17) is 9.84 Å². The first-order valence-electron chi connectivity index (χ1n) is 6.07. The quantitative estimate of drug-likeness (QED) is 0.893. The number of rotatable bonds is 5. The number of aliphatic carboxylic acids is 1. The van der Waals surface area contributed by atoms with Crippen LogP contribution in [0.5, 0.6) is 5.75 Å². The predicted octanol–water partition coefficient (Wildman–Crippen LogP) is 2.07. The number of aryl methyl sites for hydroxylation is 1. The molecule has 0 aliphatic carbocycles. The van der Waals surface area contributed by atoms with Gasteiger partial charge < -0.3 is 9.84 Å². The molecule has 0 radical (unpaired) electrons. The molecule has 5 heteroatoms. The van der Waals surface area contributed by atoms with Crippen LogP contribution in [0.25, 0.3) is 5.69 Å². The SMILES string of the molecule is CCc1cc(-n2nccc2CC(=O)O)ccc1OC. The molecule has 1 heterocycles. The third-order valence-electron chi connectivity index (χ3n) is 2.94. The number of hydrogen-bond acceptors (Lipinski definition) is 3. The van der Waals surface area contributed by atoms with Crippen LogP contribution in [0.4, 0.5) is 0 Å². The normalized spacial score (nSPS) is 10.4. The van der Waals surface area contributed by atoms with Gasteiger partial charge in [-0.1, -0.05) is 6.92 Å². The van der Waals surface area contributed by atoms with Crippen LogP contribution >= 0.6 is 0 Å². The van der Waals surface area contributed by atoms with Gasteiger partial charge >= 0.3 is 5.97 Å². The predicted molar refractivity (Wildman–Crippen MR) is 70.8 cm³/mol. The Bertz CT molecular complexity index is 590. The summed E-state index contributed by atoms with van der Waals surface area (Å²) in [6.07, 6.45) is 2.40. The van der Waals surface area contributed by atoms with Crippen molar-refractivity contribution >= 4 is 5.97 Å². The van der Waals surface area contributed by atoms with Crippen LogP contribution in [-0.2, 0) is 17.6 Å². The second kappa shape index (κ2) is 5.56. The highest BCUT2D eigenvalue weighted by Crippen LogP contribution is 2.23. The van der Waals surface area contributed by atoms with E-state index >= 15 is 0 Å². The number of carboxylic acids is 1. The van der Waals surface area contributed by atoms with E-state index in [1.165, 1.54) is 0 Å². The number of methoxy groups -OCH3 is 1. The zero-order valence-electron chi connectivity index (χ0n) is 11.0. The van der Waals surface area contributed by atoms with Crippen LogP contribution in [0.1, 0.15) is 18.2 Å². The van der Waals surface area contributed by atoms with E-state index < -0.39 is 5.97 Å². The minimum atomic E-state index is -0.869. The van der Waals surface area contributed by atoms with Gasteiger partial charge in [0.25, 0.3) is 0 Å². The maximum Gasteiger partial charge on any atom is 0.309 e. The van der Waals surface area contributed by atoms with E-state index in [0.29, 0.717) is 5.69 Å². The van der Waals surface area contributed by atoms with Crippen molar-refractivity contribution in [2.75, 3.05) is 7.11 Å².